The van der Waals surface area contributed by atoms with E-state index in [9.17, 15) is 15.0 Å². The van der Waals surface area contributed by atoms with Crippen molar-refractivity contribution < 1.29 is 15.0 Å². The zero-order chi connectivity index (χ0) is 19.9. The number of phenolic OH excluding ortho intramolecular Hbond substituents is 2. The van der Waals surface area contributed by atoms with Crippen molar-refractivity contribution in [1.29, 1.82) is 0 Å². The molecule has 0 saturated heterocycles. The number of carbonyl (C=O) groups excluding carboxylic acids is 1. The number of carbonyl (C=O) groups is 1. The van der Waals surface area contributed by atoms with E-state index in [-0.39, 0.29) is 5.75 Å². The molecule has 0 heterocycles. The van der Waals surface area contributed by atoms with Gasteiger partial charge in [-0.2, -0.15) is 0 Å². The van der Waals surface area contributed by atoms with Crippen molar-refractivity contribution in [2.75, 3.05) is 0 Å². The zero-order valence-corrected chi connectivity index (χ0v) is 16.3. The molecule has 0 amide bonds. The van der Waals surface area contributed by atoms with Gasteiger partial charge in [-0.25, -0.2) is 0 Å². The fourth-order valence-corrected chi connectivity index (χ4v) is 3.61. The van der Waals surface area contributed by atoms with Crippen LogP contribution in [-0.4, -0.2) is 16.5 Å². The van der Waals surface area contributed by atoms with Gasteiger partial charge in [-0.1, -0.05) is 6.07 Å². The van der Waals surface area contributed by atoms with Gasteiger partial charge < -0.3 is 10.2 Å². The number of hydrogen-bond donors (Lipinski definition) is 2. The smallest absolute Gasteiger partial charge is 0.150 e. The summed E-state index contributed by atoms with van der Waals surface area (Å²) in [6.07, 6.45) is 0.871. The Bertz CT molecular complexity index is 1020. The third-order valence-corrected chi connectivity index (χ3v) is 5.13. The van der Waals surface area contributed by atoms with E-state index in [0.29, 0.717) is 11.3 Å². The molecular weight excluding hydrogens is 336 g/mol. The summed E-state index contributed by atoms with van der Waals surface area (Å²) < 4.78 is 0. The van der Waals surface area contributed by atoms with E-state index in [1.54, 1.807) is 0 Å². The maximum absolute atomic E-state index is 11.8. The Kier molecular flexibility index (Phi) is 4.79. The van der Waals surface area contributed by atoms with E-state index in [4.69, 9.17) is 0 Å². The molecule has 27 heavy (non-hydrogen) atoms. The Balaban J connectivity index is 2.22. The summed E-state index contributed by atoms with van der Waals surface area (Å²) in [5, 5.41) is 20.1. The van der Waals surface area contributed by atoms with Crippen molar-refractivity contribution in [2.24, 2.45) is 0 Å². The molecule has 0 aromatic heterocycles. The first-order chi connectivity index (χ1) is 12.7. The van der Waals surface area contributed by atoms with Crippen LogP contribution in [0, 0.1) is 34.6 Å². The van der Waals surface area contributed by atoms with Crippen LogP contribution in [-0.2, 0) is 0 Å². The van der Waals surface area contributed by atoms with E-state index in [2.05, 4.69) is 0 Å². The van der Waals surface area contributed by atoms with Crippen molar-refractivity contribution in [1.82, 2.24) is 0 Å². The minimum atomic E-state index is 0.287. The molecule has 0 aliphatic rings. The van der Waals surface area contributed by atoms with Gasteiger partial charge >= 0.3 is 0 Å². The molecule has 0 aliphatic carbocycles. The van der Waals surface area contributed by atoms with Crippen molar-refractivity contribution in [3.05, 3.63) is 69.8 Å². The number of benzene rings is 3. The maximum atomic E-state index is 11.8. The Hall–Kier alpha value is -3.07. The number of phenols is 2. The van der Waals surface area contributed by atoms with Crippen LogP contribution in [0.3, 0.4) is 0 Å². The van der Waals surface area contributed by atoms with Crippen molar-refractivity contribution in [3.8, 4) is 33.8 Å². The molecule has 0 saturated carbocycles. The number of rotatable bonds is 3. The highest BCUT2D eigenvalue weighted by Crippen LogP contribution is 2.36. The Morgan fingerprint density at radius 1 is 0.593 bits per heavy atom. The summed E-state index contributed by atoms with van der Waals surface area (Å²) in [6.45, 7) is 9.48. The molecule has 0 fully saturated rings. The van der Waals surface area contributed by atoms with Crippen molar-refractivity contribution in [3.63, 3.8) is 0 Å². The van der Waals surface area contributed by atoms with Gasteiger partial charge in [-0.3, -0.25) is 4.79 Å². The SMILES string of the molecule is Cc1cc(-c2cc(C)c(O)c(C)c2)c(C=O)cc1-c1cc(C)c(O)c(C)c1. The average molecular weight is 360 g/mol. The van der Waals surface area contributed by atoms with E-state index in [1.807, 2.05) is 71.0 Å². The summed E-state index contributed by atoms with van der Waals surface area (Å²) in [5.74, 6) is 0.591. The largest absolute Gasteiger partial charge is 0.507 e. The van der Waals surface area contributed by atoms with E-state index in [0.717, 1.165) is 56.4 Å². The highest BCUT2D eigenvalue weighted by atomic mass is 16.3. The molecule has 138 valence electrons. The van der Waals surface area contributed by atoms with Crippen molar-refractivity contribution >= 4 is 6.29 Å². The third kappa shape index (κ3) is 3.33. The molecule has 3 nitrogen and oxygen atoms in total. The van der Waals surface area contributed by atoms with Gasteiger partial charge in [-0.05, 0) is 115 Å². The molecule has 0 bridgehead atoms. The monoisotopic (exact) mass is 360 g/mol. The molecule has 3 rings (SSSR count). The molecule has 3 heteroatoms. The predicted molar refractivity (Wildman–Crippen MR) is 110 cm³/mol. The van der Waals surface area contributed by atoms with E-state index >= 15 is 0 Å². The number of aromatic hydroxyl groups is 2. The summed E-state index contributed by atoms with van der Waals surface area (Å²) >= 11 is 0. The molecule has 0 atom stereocenters. The van der Waals surface area contributed by atoms with Crippen LogP contribution >= 0.6 is 0 Å². The van der Waals surface area contributed by atoms with Gasteiger partial charge in [0.25, 0.3) is 0 Å². The fraction of sp³-hybridized carbons (Fsp3) is 0.208. The first-order valence-electron chi connectivity index (χ1n) is 8.94. The normalized spacial score (nSPS) is 10.9. The highest BCUT2D eigenvalue weighted by molar-refractivity contribution is 5.91. The first kappa shape index (κ1) is 18.7. The van der Waals surface area contributed by atoms with E-state index in [1.165, 1.54) is 0 Å². The topological polar surface area (TPSA) is 57.5 Å². The minimum absolute atomic E-state index is 0.287. The molecule has 0 radical (unpaired) electrons. The zero-order valence-electron chi connectivity index (χ0n) is 16.3. The quantitative estimate of drug-likeness (QED) is 0.582. The first-order valence-corrected chi connectivity index (χ1v) is 8.94. The molecule has 0 aliphatic heterocycles. The molecule has 3 aromatic carbocycles. The second-order valence-corrected chi connectivity index (χ2v) is 7.29. The summed E-state index contributed by atoms with van der Waals surface area (Å²) in [5.41, 5.74) is 8.56. The Morgan fingerprint density at radius 2 is 1.00 bits per heavy atom. The average Bonchev–Trinajstić information content (AvgIpc) is 2.63. The highest BCUT2D eigenvalue weighted by Gasteiger charge is 2.14. The predicted octanol–water partition coefficient (Wildman–Crippen LogP) is 5.79. The molecule has 3 aromatic rings. The molecule has 2 N–H and O–H groups in total. The molecule has 0 spiro atoms. The van der Waals surface area contributed by atoms with Crippen LogP contribution in [0.4, 0.5) is 0 Å². The maximum Gasteiger partial charge on any atom is 0.150 e. The van der Waals surface area contributed by atoms with Crippen molar-refractivity contribution in [2.45, 2.75) is 34.6 Å². The molecule has 0 unspecified atom stereocenters. The Labute approximate surface area is 159 Å². The summed E-state index contributed by atoms with van der Waals surface area (Å²) in [4.78, 5) is 11.8. The van der Waals surface area contributed by atoms with Gasteiger partial charge in [-0.15, -0.1) is 0 Å². The lowest BCUT2D eigenvalue weighted by molar-refractivity contribution is 0.112. The molecular formula is C24H24O3. The summed E-state index contributed by atoms with van der Waals surface area (Å²) in [7, 11) is 0. The van der Waals surface area contributed by atoms with Crippen LogP contribution < -0.4 is 0 Å². The second-order valence-electron chi connectivity index (χ2n) is 7.29. The van der Waals surface area contributed by atoms with Crippen LogP contribution in [0.25, 0.3) is 22.3 Å². The standard InChI is InChI=1S/C24H24O3/c1-13-10-22(19-8-16(4)24(27)17(5)9-19)20(12-25)11-21(13)18-6-14(2)23(26)15(3)7-18/h6-12,26-27H,1-5H3. The second kappa shape index (κ2) is 6.92. The van der Waals surface area contributed by atoms with Crippen LogP contribution in [0.15, 0.2) is 36.4 Å². The summed E-state index contributed by atoms with van der Waals surface area (Å²) in [6, 6.07) is 11.6. The van der Waals surface area contributed by atoms with Gasteiger partial charge in [0.15, 0.2) is 6.29 Å². The van der Waals surface area contributed by atoms with Crippen LogP contribution in [0.5, 0.6) is 11.5 Å². The lowest BCUT2D eigenvalue weighted by Gasteiger charge is -2.15. The lowest BCUT2D eigenvalue weighted by atomic mass is 9.89. The lowest BCUT2D eigenvalue weighted by Crippen LogP contribution is -1.95. The van der Waals surface area contributed by atoms with Gasteiger partial charge in [0.1, 0.15) is 11.5 Å². The van der Waals surface area contributed by atoms with Gasteiger partial charge in [0.05, 0.1) is 0 Å². The van der Waals surface area contributed by atoms with Crippen LogP contribution in [0.1, 0.15) is 38.2 Å². The van der Waals surface area contributed by atoms with Crippen LogP contribution in [0.2, 0.25) is 0 Å². The third-order valence-electron chi connectivity index (χ3n) is 5.13. The van der Waals surface area contributed by atoms with Gasteiger partial charge in [0.2, 0.25) is 0 Å². The van der Waals surface area contributed by atoms with E-state index < -0.39 is 0 Å². The fourth-order valence-electron chi connectivity index (χ4n) is 3.61. The number of hydrogen-bond acceptors (Lipinski definition) is 3. The number of aldehydes is 1. The Morgan fingerprint density at radius 3 is 1.41 bits per heavy atom. The number of aryl methyl sites for hydroxylation is 5. The minimum Gasteiger partial charge on any atom is -0.507 e. The van der Waals surface area contributed by atoms with Gasteiger partial charge in [0, 0.05) is 5.56 Å².